The number of ether oxygens (including phenoxy) is 1. The Hall–Kier alpha value is -2.68. The predicted octanol–water partition coefficient (Wildman–Crippen LogP) is 4.60. The fourth-order valence-corrected chi connectivity index (χ4v) is 4.63. The summed E-state index contributed by atoms with van der Waals surface area (Å²) in [5.74, 6) is 0.0361. The number of methoxy groups -OCH3 is 1. The Morgan fingerprint density at radius 2 is 1.65 bits per heavy atom. The summed E-state index contributed by atoms with van der Waals surface area (Å²) in [6.45, 7) is 1.68. The van der Waals surface area contributed by atoms with Gasteiger partial charge in [0, 0.05) is 11.0 Å². The molecule has 3 rings (SSSR count). The lowest BCUT2D eigenvalue weighted by molar-refractivity contribution is -0.116. The van der Waals surface area contributed by atoms with E-state index in [9.17, 15) is 13.2 Å². The van der Waals surface area contributed by atoms with Gasteiger partial charge in [-0.1, -0.05) is 57.9 Å². The summed E-state index contributed by atoms with van der Waals surface area (Å²) in [6, 6.07) is 20.9. The van der Waals surface area contributed by atoms with Crippen molar-refractivity contribution in [2.45, 2.75) is 18.4 Å². The van der Waals surface area contributed by atoms with Crippen LogP contribution in [-0.4, -0.2) is 32.3 Å². The Kier molecular flexibility index (Phi) is 7.48. The first kappa shape index (κ1) is 23.0. The van der Waals surface area contributed by atoms with Gasteiger partial charge in [0.25, 0.3) is 0 Å². The molecule has 0 aliphatic carbocycles. The summed E-state index contributed by atoms with van der Waals surface area (Å²) in [4.78, 5) is 12.9. The lowest BCUT2D eigenvalue weighted by atomic mass is 10.1. The van der Waals surface area contributed by atoms with Crippen LogP contribution in [0, 0.1) is 6.92 Å². The first-order valence-corrected chi connectivity index (χ1v) is 11.8. The number of para-hydroxylation sites is 2. The van der Waals surface area contributed by atoms with Crippen molar-refractivity contribution in [3.63, 3.8) is 0 Å². The van der Waals surface area contributed by atoms with Crippen molar-refractivity contribution in [1.82, 2.24) is 4.31 Å². The molecule has 3 aromatic carbocycles. The molecule has 8 heteroatoms. The van der Waals surface area contributed by atoms with Crippen molar-refractivity contribution in [3.8, 4) is 5.75 Å². The molecule has 31 heavy (non-hydrogen) atoms. The van der Waals surface area contributed by atoms with Crippen molar-refractivity contribution in [2.24, 2.45) is 0 Å². The minimum atomic E-state index is -3.91. The Labute approximate surface area is 191 Å². The first-order valence-electron chi connectivity index (χ1n) is 9.54. The van der Waals surface area contributed by atoms with Gasteiger partial charge in [-0.05, 0) is 48.9 Å². The number of sulfonamides is 1. The van der Waals surface area contributed by atoms with E-state index in [0.29, 0.717) is 11.4 Å². The smallest absolute Gasteiger partial charge is 0.243 e. The van der Waals surface area contributed by atoms with Gasteiger partial charge >= 0.3 is 0 Å². The molecule has 3 aromatic rings. The molecule has 0 aliphatic rings. The second-order valence-corrected chi connectivity index (χ2v) is 9.81. The number of halogens is 1. The Balaban J connectivity index is 1.88. The molecule has 0 atom stereocenters. The molecule has 0 bridgehead atoms. The van der Waals surface area contributed by atoms with Gasteiger partial charge in [-0.15, -0.1) is 0 Å². The molecule has 0 spiro atoms. The molecule has 0 unspecified atom stereocenters. The molecule has 0 saturated heterocycles. The van der Waals surface area contributed by atoms with Crippen LogP contribution in [0.2, 0.25) is 0 Å². The zero-order valence-electron chi connectivity index (χ0n) is 17.2. The Bertz CT molecular complexity index is 1150. The molecule has 0 saturated carbocycles. The van der Waals surface area contributed by atoms with Crippen LogP contribution < -0.4 is 10.1 Å². The molecule has 1 N–H and O–H groups in total. The standard InChI is InChI=1S/C23H23BrN2O4S/c1-17-7-9-18(10-8-17)15-26(31(28,29)20-13-11-19(24)12-14-20)16-23(27)25-21-5-3-4-6-22(21)30-2/h3-14H,15-16H2,1-2H3,(H,25,27). The van der Waals surface area contributed by atoms with E-state index >= 15 is 0 Å². The number of hydrogen-bond acceptors (Lipinski definition) is 4. The Morgan fingerprint density at radius 3 is 2.29 bits per heavy atom. The van der Waals surface area contributed by atoms with E-state index in [1.54, 1.807) is 36.4 Å². The third kappa shape index (κ3) is 5.94. The number of nitrogens with one attached hydrogen (secondary N) is 1. The topological polar surface area (TPSA) is 75.7 Å². The molecule has 0 aromatic heterocycles. The van der Waals surface area contributed by atoms with Crippen molar-refractivity contribution in [3.05, 3.63) is 88.4 Å². The first-order chi connectivity index (χ1) is 14.8. The van der Waals surface area contributed by atoms with E-state index in [0.717, 1.165) is 15.6 Å². The highest BCUT2D eigenvalue weighted by atomic mass is 79.9. The highest BCUT2D eigenvalue weighted by Crippen LogP contribution is 2.24. The summed E-state index contributed by atoms with van der Waals surface area (Å²) in [5, 5.41) is 2.74. The van der Waals surface area contributed by atoms with Crippen LogP contribution in [0.1, 0.15) is 11.1 Å². The molecule has 0 heterocycles. The number of rotatable bonds is 8. The molecule has 1 amide bonds. The van der Waals surface area contributed by atoms with E-state index in [4.69, 9.17) is 4.74 Å². The summed E-state index contributed by atoms with van der Waals surface area (Å²) >= 11 is 3.32. The highest BCUT2D eigenvalue weighted by Gasteiger charge is 2.27. The number of aryl methyl sites for hydroxylation is 1. The van der Waals surface area contributed by atoms with Gasteiger partial charge in [0.2, 0.25) is 15.9 Å². The van der Waals surface area contributed by atoms with E-state index in [2.05, 4.69) is 21.2 Å². The zero-order valence-corrected chi connectivity index (χ0v) is 19.6. The quantitative estimate of drug-likeness (QED) is 0.488. The minimum Gasteiger partial charge on any atom is -0.495 e. The van der Waals surface area contributed by atoms with Crippen LogP contribution >= 0.6 is 15.9 Å². The third-order valence-corrected chi connectivity index (χ3v) is 6.97. The van der Waals surface area contributed by atoms with Gasteiger partial charge in [-0.3, -0.25) is 4.79 Å². The molecule has 6 nitrogen and oxygen atoms in total. The van der Waals surface area contributed by atoms with Crippen LogP contribution in [0.15, 0.2) is 82.2 Å². The number of carbonyl (C=O) groups excluding carboxylic acids is 1. The zero-order chi connectivity index (χ0) is 22.4. The number of nitrogens with zero attached hydrogens (tertiary/aromatic N) is 1. The largest absolute Gasteiger partial charge is 0.495 e. The van der Waals surface area contributed by atoms with Gasteiger partial charge in [0.1, 0.15) is 5.75 Å². The lowest BCUT2D eigenvalue weighted by Crippen LogP contribution is -2.37. The van der Waals surface area contributed by atoms with Gasteiger partial charge in [-0.2, -0.15) is 4.31 Å². The molecule has 0 aliphatic heterocycles. The molecule has 162 valence electrons. The molecular formula is C23H23BrN2O4S. The maximum Gasteiger partial charge on any atom is 0.243 e. The summed E-state index contributed by atoms with van der Waals surface area (Å²) in [5.41, 5.74) is 2.34. The second-order valence-electron chi connectivity index (χ2n) is 6.96. The van der Waals surface area contributed by atoms with Gasteiger partial charge in [0.15, 0.2) is 0 Å². The number of anilines is 1. The molecular weight excluding hydrogens is 480 g/mol. The average molecular weight is 503 g/mol. The van der Waals surface area contributed by atoms with Crippen molar-refractivity contribution in [2.75, 3.05) is 19.0 Å². The summed E-state index contributed by atoms with van der Waals surface area (Å²) in [7, 11) is -2.40. The SMILES string of the molecule is COc1ccccc1NC(=O)CN(Cc1ccc(C)cc1)S(=O)(=O)c1ccc(Br)cc1. The number of amides is 1. The molecule has 0 fully saturated rings. The van der Waals surface area contributed by atoms with Gasteiger partial charge in [-0.25, -0.2) is 8.42 Å². The number of benzene rings is 3. The fraction of sp³-hybridized carbons (Fsp3) is 0.174. The minimum absolute atomic E-state index is 0.0675. The second kappa shape index (κ2) is 10.1. The fourth-order valence-electron chi connectivity index (χ4n) is 2.98. The lowest BCUT2D eigenvalue weighted by Gasteiger charge is -2.22. The normalized spacial score (nSPS) is 11.4. The average Bonchev–Trinajstić information content (AvgIpc) is 2.75. The van der Waals surface area contributed by atoms with Crippen LogP contribution in [-0.2, 0) is 21.4 Å². The van der Waals surface area contributed by atoms with Crippen LogP contribution in [0.4, 0.5) is 5.69 Å². The highest BCUT2D eigenvalue weighted by molar-refractivity contribution is 9.10. The van der Waals surface area contributed by atoms with Crippen molar-refractivity contribution < 1.29 is 17.9 Å². The van der Waals surface area contributed by atoms with Crippen molar-refractivity contribution >= 4 is 37.5 Å². The monoisotopic (exact) mass is 502 g/mol. The van der Waals surface area contributed by atoms with Gasteiger partial charge in [0.05, 0.1) is 24.2 Å². The maximum absolute atomic E-state index is 13.3. The van der Waals surface area contributed by atoms with E-state index < -0.39 is 15.9 Å². The third-order valence-electron chi connectivity index (χ3n) is 4.63. The Morgan fingerprint density at radius 1 is 1.00 bits per heavy atom. The summed E-state index contributed by atoms with van der Waals surface area (Å²) < 4.78 is 33.9. The number of hydrogen-bond donors (Lipinski definition) is 1. The van der Waals surface area contributed by atoms with Crippen LogP contribution in [0.5, 0.6) is 5.75 Å². The van der Waals surface area contributed by atoms with Crippen molar-refractivity contribution in [1.29, 1.82) is 0 Å². The van der Waals surface area contributed by atoms with E-state index in [1.807, 2.05) is 31.2 Å². The maximum atomic E-state index is 13.3. The van der Waals surface area contributed by atoms with Crippen LogP contribution in [0.25, 0.3) is 0 Å². The van der Waals surface area contributed by atoms with E-state index in [1.165, 1.54) is 23.5 Å². The number of carbonyl (C=O) groups is 1. The van der Waals surface area contributed by atoms with Gasteiger partial charge < -0.3 is 10.1 Å². The predicted molar refractivity (Wildman–Crippen MR) is 125 cm³/mol. The van der Waals surface area contributed by atoms with E-state index in [-0.39, 0.29) is 18.0 Å². The van der Waals surface area contributed by atoms with Crippen LogP contribution in [0.3, 0.4) is 0 Å². The molecule has 0 radical (unpaired) electrons. The summed E-state index contributed by atoms with van der Waals surface area (Å²) in [6.07, 6.45) is 0.